The van der Waals surface area contributed by atoms with Gasteiger partial charge in [0.2, 0.25) is 5.91 Å². The molecule has 1 aliphatic rings. The molecule has 1 saturated heterocycles. The van der Waals surface area contributed by atoms with Gasteiger partial charge in [-0.1, -0.05) is 84.5 Å². The zero-order chi connectivity index (χ0) is 19.7. The third-order valence-corrected chi connectivity index (χ3v) is 5.58. The molecule has 1 amide bonds. The molecule has 0 aromatic heterocycles. The number of likely N-dealkylation sites (tertiary alicyclic amines) is 1. The molecule has 0 N–H and O–H groups in total. The van der Waals surface area contributed by atoms with Gasteiger partial charge in [-0.15, -0.1) is 0 Å². The Balaban J connectivity index is 2.13. The van der Waals surface area contributed by atoms with Gasteiger partial charge in [0.05, 0.1) is 6.61 Å². The molecule has 0 spiro atoms. The van der Waals surface area contributed by atoms with Gasteiger partial charge in [0.15, 0.2) is 0 Å². The van der Waals surface area contributed by atoms with Gasteiger partial charge in [-0.25, -0.2) is 4.79 Å². The smallest absolute Gasteiger partial charge is 0.328 e. The number of carbonyl (C=O) groups is 2. The van der Waals surface area contributed by atoms with Crippen molar-refractivity contribution in [2.75, 3.05) is 13.2 Å². The van der Waals surface area contributed by atoms with Crippen molar-refractivity contribution in [2.45, 2.75) is 123 Å². The Labute approximate surface area is 167 Å². The first kappa shape index (κ1) is 24.0. The van der Waals surface area contributed by atoms with E-state index in [-0.39, 0.29) is 17.9 Å². The molecule has 1 fully saturated rings. The van der Waals surface area contributed by atoms with Gasteiger partial charge in [0.1, 0.15) is 6.04 Å². The van der Waals surface area contributed by atoms with E-state index in [1.807, 2.05) is 0 Å². The zero-order valence-electron chi connectivity index (χ0n) is 18.0. The van der Waals surface area contributed by atoms with E-state index in [9.17, 15) is 9.59 Å². The summed E-state index contributed by atoms with van der Waals surface area (Å²) >= 11 is 0. The summed E-state index contributed by atoms with van der Waals surface area (Å²) < 4.78 is 5.48. The molecule has 1 aliphatic heterocycles. The van der Waals surface area contributed by atoms with Crippen molar-refractivity contribution in [3.05, 3.63) is 0 Å². The van der Waals surface area contributed by atoms with E-state index in [2.05, 4.69) is 13.8 Å². The Hall–Kier alpha value is -1.06. The summed E-state index contributed by atoms with van der Waals surface area (Å²) in [5.41, 5.74) is 0. The van der Waals surface area contributed by atoms with Crippen LogP contribution in [0.25, 0.3) is 0 Å². The molecule has 0 bridgehead atoms. The fraction of sp³-hybridized carbons (Fsp3) is 0.913. The van der Waals surface area contributed by atoms with E-state index in [0.717, 1.165) is 38.5 Å². The van der Waals surface area contributed by atoms with Crippen molar-refractivity contribution in [1.29, 1.82) is 0 Å². The third-order valence-electron chi connectivity index (χ3n) is 5.58. The van der Waals surface area contributed by atoms with E-state index in [4.69, 9.17) is 4.74 Å². The van der Waals surface area contributed by atoms with Gasteiger partial charge >= 0.3 is 5.97 Å². The minimum absolute atomic E-state index is 0.137. The number of carbonyl (C=O) groups excluding carboxylic acids is 2. The maximum atomic E-state index is 12.4. The van der Waals surface area contributed by atoms with Crippen LogP contribution in [0.3, 0.4) is 0 Å². The first-order chi connectivity index (χ1) is 13.2. The average molecular weight is 382 g/mol. The Morgan fingerprint density at radius 1 is 0.815 bits per heavy atom. The standard InChI is InChI=1S/C23H43NO3/c1-3-5-7-9-10-11-13-15-20-27-23(26)21-17-16-19-24(21)22(25)18-14-12-8-6-4-2/h21H,3-20H2,1-2H3. The van der Waals surface area contributed by atoms with Crippen LogP contribution in [0.2, 0.25) is 0 Å². The molecule has 0 radical (unpaired) electrons. The monoisotopic (exact) mass is 381 g/mol. The highest BCUT2D eigenvalue weighted by Crippen LogP contribution is 2.21. The molecule has 0 aromatic carbocycles. The van der Waals surface area contributed by atoms with Crippen LogP contribution in [-0.4, -0.2) is 36.0 Å². The normalized spacial score (nSPS) is 16.7. The van der Waals surface area contributed by atoms with E-state index in [0.29, 0.717) is 19.6 Å². The third kappa shape index (κ3) is 10.8. The molecule has 158 valence electrons. The molecule has 0 aliphatic carbocycles. The van der Waals surface area contributed by atoms with Crippen LogP contribution < -0.4 is 0 Å². The molecule has 0 saturated carbocycles. The Bertz CT molecular complexity index is 397. The highest BCUT2D eigenvalue weighted by molar-refractivity contribution is 5.85. The molecule has 0 aromatic rings. The van der Waals surface area contributed by atoms with Crippen LogP contribution in [-0.2, 0) is 14.3 Å². The highest BCUT2D eigenvalue weighted by Gasteiger charge is 2.34. The van der Waals surface area contributed by atoms with Gasteiger partial charge < -0.3 is 9.64 Å². The fourth-order valence-corrected chi connectivity index (χ4v) is 3.84. The Morgan fingerprint density at radius 3 is 2.00 bits per heavy atom. The molecule has 1 heterocycles. The Morgan fingerprint density at radius 2 is 1.37 bits per heavy atom. The second-order valence-electron chi connectivity index (χ2n) is 8.05. The molecule has 27 heavy (non-hydrogen) atoms. The minimum atomic E-state index is -0.331. The van der Waals surface area contributed by atoms with Crippen molar-refractivity contribution >= 4 is 11.9 Å². The summed E-state index contributed by atoms with van der Waals surface area (Å²) in [4.78, 5) is 26.6. The van der Waals surface area contributed by atoms with Gasteiger partial charge in [-0.2, -0.15) is 0 Å². The maximum absolute atomic E-state index is 12.4. The van der Waals surface area contributed by atoms with Crippen LogP contribution in [0.4, 0.5) is 0 Å². The molecule has 4 nitrogen and oxygen atoms in total. The van der Waals surface area contributed by atoms with E-state index < -0.39 is 0 Å². The lowest BCUT2D eigenvalue weighted by atomic mass is 10.1. The Kier molecular flexibility index (Phi) is 14.2. The first-order valence-corrected chi connectivity index (χ1v) is 11.7. The number of unbranched alkanes of at least 4 members (excludes halogenated alkanes) is 11. The SMILES string of the molecule is CCCCCCCCCCOC(=O)C1CCCN1C(=O)CCCCCCC. The molecule has 1 rings (SSSR count). The van der Waals surface area contributed by atoms with Crippen LogP contribution in [0, 0.1) is 0 Å². The van der Waals surface area contributed by atoms with Gasteiger partial charge in [0.25, 0.3) is 0 Å². The van der Waals surface area contributed by atoms with Crippen molar-refractivity contribution < 1.29 is 14.3 Å². The quantitative estimate of drug-likeness (QED) is 0.242. The van der Waals surface area contributed by atoms with Crippen molar-refractivity contribution in [2.24, 2.45) is 0 Å². The number of esters is 1. The second kappa shape index (κ2) is 15.9. The maximum Gasteiger partial charge on any atom is 0.328 e. The van der Waals surface area contributed by atoms with Crippen LogP contribution in [0.5, 0.6) is 0 Å². The summed E-state index contributed by atoms with van der Waals surface area (Å²) in [6, 6.07) is -0.331. The molecular formula is C23H43NO3. The van der Waals surface area contributed by atoms with Crippen LogP contribution in [0.15, 0.2) is 0 Å². The van der Waals surface area contributed by atoms with Crippen molar-refractivity contribution in [1.82, 2.24) is 4.90 Å². The molecule has 4 heteroatoms. The van der Waals surface area contributed by atoms with E-state index in [1.165, 1.54) is 57.8 Å². The number of ether oxygens (including phenoxy) is 1. The molecule has 1 unspecified atom stereocenters. The first-order valence-electron chi connectivity index (χ1n) is 11.7. The number of rotatable bonds is 16. The summed E-state index contributed by atoms with van der Waals surface area (Å²) in [7, 11) is 0. The predicted molar refractivity (Wildman–Crippen MR) is 112 cm³/mol. The summed E-state index contributed by atoms with van der Waals surface area (Å²) in [5.74, 6) is -0.0483. The minimum Gasteiger partial charge on any atom is -0.464 e. The fourth-order valence-electron chi connectivity index (χ4n) is 3.84. The van der Waals surface area contributed by atoms with Gasteiger partial charge in [0, 0.05) is 13.0 Å². The van der Waals surface area contributed by atoms with Gasteiger partial charge in [-0.05, 0) is 25.7 Å². The summed E-state index contributed by atoms with van der Waals surface area (Å²) in [6.45, 7) is 5.65. The van der Waals surface area contributed by atoms with Crippen molar-refractivity contribution in [3.8, 4) is 0 Å². The lowest BCUT2D eigenvalue weighted by Gasteiger charge is -2.23. The second-order valence-corrected chi connectivity index (χ2v) is 8.05. The number of amides is 1. The van der Waals surface area contributed by atoms with Crippen molar-refractivity contribution in [3.63, 3.8) is 0 Å². The highest BCUT2D eigenvalue weighted by atomic mass is 16.5. The topological polar surface area (TPSA) is 46.6 Å². The molecule has 1 atom stereocenters. The van der Waals surface area contributed by atoms with E-state index in [1.54, 1.807) is 4.90 Å². The predicted octanol–water partition coefficient (Wildman–Crippen LogP) is 6.02. The van der Waals surface area contributed by atoms with E-state index >= 15 is 0 Å². The lowest BCUT2D eigenvalue weighted by Crippen LogP contribution is -2.41. The zero-order valence-corrected chi connectivity index (χ0v) is 18.0. The van der Waals surface area contributed by atoms with Crippen LogP contribution >= 0.6 is 0 Å². The lowest BCUT2D eigenvalue weighted by molar-refractivity contribution is -0.153. The largest absolute Gasteiger partial charge is 0.464 e. The molecular weight excluding hydrogens is 338 g/mol. The number of nitrogens with zero attached hydrogens (tertiary/aromatic N) is 1. The summed E-state index contributed by atoms with van der Waals surface area (Å²) in [6.07, 6.45) is 17.8. The number of hydrogen-bond acceptors (Lipinski definition) is 3. The van der Waals surface area contributed by atoms with Crippen LogP contribution in [0.1, 0.15) is 117 Å². The average Bonchev–Trinajstić information content (AvgIpc) is 3.16. The summed E-state index contributed by atoms with van der Waals surface area (Å²) in [5, 5.41) is 0. The van der Waals surface area contributed by atoms with Gasteiger partial charge in [-0.3, -0.25) is 4.79 Å². The number of hydrogen-bond donors (Lipinski definition) is 0.